The van der Waals surface area contributed by atoms with Gasteiger partial charge in [0.1, 0.15) is 0 Å². The molecule has 0 aromatic heterocycles. The van der Waals surface area contributed by atoms with E-state index in [1.807, 2.05) is 0 Å². The number of carboxylic acids is 2. The van der Waals surface area contributed by atoms with Crippen LogP contribution in [-0.2, 0) is 9.59 Å². The summed E-state index contributed by atoms with van der Waals surface area (Å²) in [6.07, 6.45) is 0. The molecular weight excluding hydrogens is 194 g/mol. The third-order valence-electron chi connectivity index (χ3n) is 2.00. The van der Waals surface area contributed by atoms with Gasteiger partial charge in [0.05, 0.1) is 11.9 Å². The summed E-state index contributed by atoms with van der Waals surface area (Å²) in [5.41, 5.74) is -1.89. The molecule has 0 unspecified atom stereocenters. The normalized spacial score (nSPS) is 9.85. The monoisotopic (exact) mass is 204 g/mol. The van der Waals surface area contributed by atoms with Crippen LogP contribution in [0.15, 0.2) is 0 Å². The van der Waals surface area contributed by atoms with Crippen molar-refractivity contribution in [3.05, 3.63) is 0 Å². The quantitative estimate of drug-likeness (QED) is 0.338. The number of carboxylic acid groups (broad SMARTS) is 2. The Morgan fingerprint density at radius 1 is 1.15 bits per heavy atom. The van der Waals surface area contributed by atoms with Gasteiger partial charge in [0, 0.05) is 5.41 Å². The molecule has 0 saturated heterocycles. The fraction of sp³-hybridized carbons (Fsp3) is 0.714. The van der Waals surface area contributed by atoms with Gasteiger partial charge < -0.3 is 19.8 Å². The van der Waals surface area contributed by atoms with Crippen LogP contribution in [0.2, 0.25) is 0 Å². The zero-order valence-electron chi connectivity index (χ0n) is 8.71. The predicted molar refractivity (Wildman–Crippen MR) is 33.0 cm³/mol. The van der Waals surface area contributed by atoms with E-state index in [4.69, 9.17) is 0 Å². The van der Waals surface area contributed by atoms with E-state index in [0.29, 0.717) is 0 Å². The number of aliphatic carboxylic acids is 2. The molecule has 0 radical (unpaired) electrons. The van der Waals surface area contributed by atoms with Crippen LogP contribution in [0.1, 0.15) is 20.8 Å². The second-order valence-electron chi connectivity index (χ2n) is 2.93. The molecule has 0 bridgehead atoms. The van der Waals surface area contributed by atoms with Crippen molar-refractivity contribution >= 4 is 11.9 Å². The molecule has 6 heteroatoms. The van der Waals surface area contributed by atoms with Crippen molar-refractivity contribution < 1.29 is 90.0 Å². The molecule has 0 aliphatic heterocycles. The van der Waals surface area contributed by atoms with E-state index >= 15 is 0 Å². The standard InChI is InChI=1S/C7H12O4.K.Li/c1-4(2)7(3,5(8)9)6(10)11;;/h4H,1-3H3,(H,8,9)(H,10,11);;/q;2*+1/p-2. The van der Waals surface area contributed by atoms with Gasteiger partial charge in [-0.05, 0) is 12.8 Å². The Labute approximate surface area is 132 Å². The minimum atomic E-state index is -1.89. The second-order valence-corrected chi connectivity index (χ2v) is 2.93. The van der Waals surface area contributed by atoms with E-state index in [0.717, 1.165) is 6.92 Å². The molecule has 0 amide bonds. The van der Waals surface area contributed by atoms with Crippen molar-refractivity contribution in [2.24, 2.45) is 11.3 Å². The van der Waals surface area contributed by atoms with Gasteiger partial charge in [0.2, 0.25) is 0 Å². The van der Waals surface area contributed by atoms with Gasteiger partial charge in [-0.1, -0.05) is 13.8 Å². The molecule has 0 N–H and O–H groups in total. The van der Waals surface area contributed by atoms with Crippen LogP contribution in [0, 0.1) is 11.3 Å². The summed E-state index contributed by atoms with van der Waals surface area (Å²) < 4.78 is 0. The van der Waals surface area contributed by atoms with Gasteiger partial charge in [0.15, 0.2) is 0 Å². The molecule has 0 aromatic carbocycles. The first-order valence-corrected chi connectivity index (χ1v) is 3.26. The van der Waals surface area contributed by atoms with Crippen LogP contribution < -0.4 is 80.5 Å². The SMILES string of the molecule is CC(C)C(C)(C(=O)[O-])C(=O)[O-].[K+].[Li+]. The summed E-state index contributed by atoms with van der Waals surface area (Å²) in [5, 5.41) is 20.7. The maximum absolute atomic E-state index is 10.4. The topological polar surface area (TPSA) is 80.3 Å². The van der Waals surface area contributed by atoms with Crippen LogP contribution in [0.3, 0.4) is 0 Å². The molecule has 0 heterocycles. The van der Waals surface area contributed by atoms with E-state index in [1.54, 1.807) is 0 Å². The van der Waals surface area contributed by atoms with Crippen LogP contribution in [0.5, 0.6) is 0 Å². The Kier molecular flexibility index (Phi) is 11.3. The third-order valence-corrected chi connectivity index (χ3v) is 2.00. The fourth-order valence-electron chi connectivity index (χ4n) is 0.555. The van der Waals surface area contributed by atoms with Crippen molar-refractivity contribution in [2.75, 3.05) is 0 Å². The molecular formula is C7H10KLiO4. The van der Waals surface area contributed by atoms with Crippen molar-refractivity contribution in [3.63, 3.8) is 0 Å². The van der Waals surface area contributed by atoms with Gasteiger partial charge in [-0.25, -0.2) is 0 Å². The molecule has 0 rings (SSSR count). The van der Waals surface area contributed by atoms with Crippen LogP contribution in [0.25, 0.3) is 0 Å². The fourth-order valence-corrected chi connectivity index (χ4v) is 0.555. The number of hydrogen-bond donors (Lipinski definition) is 0. The van der Waals surface area contributed by atoms with E-state index in [2.05, 4.69) is 0 Å². The molecule has 0 aliphatic rings. The minimum absolute atomic E-state index is 0. The average molecular weight is 204 g/mol. The Balaban J connectivity index is -0.000000500. The molecule has 4 nitrogen and oxygen atoms in total. The van der Waals surface area contributed by atoms with Crippen molar-refractivity contribution in [2.45, 2.75) is 20.8 Å². The van der Waals surface area contributed by atoms with Gasteiger partial charge in [-0.2, -0.15) is 0 Å². The second kappa shape index (κ2) is 7.46. The first-order chi connectivity index (χ1) is 4.83. The van der Waals surface area contributed by atoms with Gasteiger partial charge in [0.25, 0.3) is 0 Å². The van der Waals surface area contributed by atoms with Crippen molar-refractivity contribution in [1.82, 2.24) is 0 Å². The van der Waals surface area contributed by atoms with Crippen LogP contribution in [-0.4, -0.2) is 11.9 Å². The van der Waals surface area contributed by atoms with E-state index in [1.165, 1.54) is 13.8 Å². The summed E-state index contributed by atoms with van der Waals surface area (Å²) >= 11 is 0. The number of rotatable bonds is 3. The van der Waals surface area contributed by atoms with Gasteiger partial charge in [-0.3, -0.25) is 0 Å². The molecule has 0 spiro atoms. The van der Waals surface area contributed by atoms with Gasteiger partial charge in [-0.15, -0.1) is 0 Å². The molecule has 0 aliphatic carbocycles. The largest absolute Gasteiger partial charge is 1.00 e. The van der Waals surface area contributed by atoms with E-state index in [9.17, 15) is 19.8 Å². The first-order valence-electron chi connectivity index (χ1n) is 3.26. The van der Waals surface area contributed by atoms with E-state index < -0.39 is 23.3 Å². The zero-order chi connectivity index (χ0) is 9.23. The molecule has 0 saturated carbocycles. The minimum Gasteiger partial charge on any atom is -0.549 e. The molecule has 0 fully saturated rings. The Bertz CT molecular complexity index is 179. The summed E-state index contributed by atoms with van der Waals surface area (Å²) in [6.45, 7) is 4.07. The maximum Gasteiger partial charge on any atom is 1.00 e. The molecule has 0 aromatic rings. The summed E-state index contributed by atoms with van der Waals surface area (Å²) in [5.74, 6) is -3.75. The average Bonchev–Trinajstić information content (AvgIpc) is 1.84. The van der Waals surface area contributed by atoms with Crippen LogP contribution in [0.4, 0.5) is 0 Å². The predicted octanol–water partition coefficient (Wildman–Crippen LogP) is -7.84. The Hall–Kier alpha value is 1.17. The summed E-state index contributed by atoms with van der Waals surface area (Å²) in [6, 6.07) is 0. The maximum atomic E-state index is 10.4. The van der Waals surface area contributed by atoms with Crippen molar-refractivity contribution in [1.29, 1.82) is 0 Å². The first kappa shape index (κ1) is 19.7. The molecule has 0 atom stereocenters. The summed E-state index contributed by atoms with van der Waals surface area (Å²) in [4.78, 5) is 20.7. The molecule has 13 heavy (non-hydrogen) atoms. The summed E-state index contributed by atoms with van der Waals surface area (Å²) in [7, 11) is 0. The van der Waals surface area contributed by atoms with Gasteiger partial charge >= 0.3 is 70.2 Å². The Morgan fingerprint density at radius 3 is 1.38 bits per heavy atom. The number of carbonyl (C=O) groups is 2. The number of carbonyl (C=O) groups excluding carboxylic acids is 2. The zero-order valence-corrected chi connectivity index (χ0v) is 11.8. The third kappa shape index (κ3) is 4.47. The molecule has 64 valence electrons. The smallest absolute Gasteiger partial charge is 0.549 e. The Morgan fingerprint density at radius 2 is 1.38 bits per heavy atom. The van der Waals surface area contributed by atoms with E-state index in [-0.39, 0.29) is 70.2 Å². The number of hydrogen-bond acceptors (Lipinski definition) is 4. The van der Waals surface area contributed by atoms with Crippen molar-refractivity contribution in [3.8, 4) is 0 Å². The van der Waals surface area contributed by atoms with Crippen LogP contribution >= 0.6 is 0 Å².